The van der Waals surface area contributed by atoms with Crippen molar-refractivity contribution in [3.8, 4) is 0 Å². The Labute approximate surface area is 112 Å². The number of aryl methyl sites for hydroxylation is 1. The smallest absolute Gasteiger partial charge is 0.206 e. The molecule has 0 saturated heterocycles. The van der Waals surface area contributed by atoms with Gasteiger partial charge in [-0.25, -0.2) is 8.42 Å². The molecule has 0 saturated carbocycles. The molecule has 0 aliphatic heterocycles. The fraction of sp³-hybridized carbons (Fsp3) is 0.636. The Morgan fingerprint density at radius 2 is 2.06 bits per heavy atom. The molecule has 0 atom stereocenters. The van der Waals surface area contributed by atoms with Crippen LogP contribution < -0.4 is 0 Å². The zero-order valence-electron chi connectivity index (χ0n) is 10.5. The van der Waals surface area contributed by atoms with Crippen LogP contribution in [0.5, 0.6) is 0 Å². The maximum absolute atomic E-state index is 12.2. The third-order valence-corrected chi connectivity index (χ3v) is 6.34. The van der Waals surface area contributed by atoms with Crippen LogP contribution in [0.4, 0.5) is 0 Å². The van der Waals surface area contributed by atoms with Gasteiger partial charge in [-0.2, -0.15) is 4.31 Å². The highest BCUT2D eigenvalue weighted by molar-refractivity contribution is 7.91. The van der Waals surface area contributed by atoms with Crippen molar-refractivity contribution < 1.29 is 8.42 Å². The van der Waals surface area contributed by atoms with Crippen molar-refractivity contribution in [2.75, 3.05) is 13.6 Å². The van der Waals surface area contributed by atoms with Crippen LogP contribution in [0.15, 0.2) is 10.3 Å². The molecule has 1 rings (SSSR count). The number of hydrogen-bond donors (Lipinski definition) is 0. The summed E-state index contributed by atoms with van der Waals surface area (Å²) in [7, 11) is -1.74. The van der Waals surface area contributed by atoms with Crippen LogP contribution in [0.2, 0.25) is 0 Å². The molecule has 1 heterocycles. The fourth-order valence-electron chi connectivity index (χ4n) is 1.51. The van der Waals surface area contributed by atoms with Gasteiger partial charge in [0.05, 0.1) is 5.88 Å². The summed E-state index contributed by atoms with van der Waals surface area (Å²) in [4.78, 5) is 0.920. The summed E-state index contributed by atoms with van der Waals surface area (Å²) in [5.74, 6) is 0.670. The second-order valence-electron chi connectivity index (χ2n) is 4.48. The van der Waals surface area contributed by atoms with Crippen LogP contribution in [0.1, 0.15) is 24.3 Å². The van der Waals surface area contributed by atoms with Gasteiger partial charge in [0.2, 0.25) is 0 Å². The lowest BCUT2D eigenvalue weighted by atomic mass is 10.2. The average molecular weight is 296 g/mol. The zero-order valence-corrected chi connectivity index (χ0v) is 12.9. The maximum Gasteiger partial charge on any atom is 0.252 e. The molecule has 0 fully saturated rings. The molecule has 6 heteroatoms. The van der Waals surface area contributed by atoms with Gasteiger partial charge in [0.15, 0.2) is 0 Å². The first-order chi connectivity index (χ1) is 7.78. The van der Waals surface area contributed by atoms with E-state index in [2.05, 4.69) is 0 Å². The predicted molar refractivity (Wildman–Crippen MR) is 73.3 cm³/mol. The molecule has 17 heavy (non-hydrogen) atoms. The van der Waals surface area contributed by atoms with E-state index < -0.39 is 10.0 Å². The standard InChI is InChI=1S/C11H18ClNO2S2/c1-8(2)7-13(4)17(14,15)11-5-9(3)10(6-12)16-11/h5,8H,6-7H2,1-4H3. The van der Waals surface area contributed by atoms with E-state index in [1.165, 1.54) is 15.6 Å². The van der Waals surface area contributed by atoms with Crippen molar-refractivity contribution in [3.05, 3.63) is 16.5 Å². The van der Waals surface area contributed by atoms with Gasteiger partial charge in [-0.15, -0.1) is 22.9 Å². The van der Waals surface area contributed by atoms with E-state index in [4.69, 9.17) is 11.6 Å². The molecule has 1 aromatic heterocycles. The Bertz CT molecular complexity index is 480. The second kappa shape index (κ2) is 5.69. The number of thiophene rings is 1. The molecule has 1 aromatic rings. The van der Waals surface area contributed by atoms with Crippen molar-refractivity contribution in [3.63, 3.8) is 0 Å². The first kappa shape index (κ1) is 15.0. The van der Waals surface area contributed by atoms with E-state index in [0.29, 0.717) is 22.6 Å². The van der Waals surface area contributed by atoms with Crippen molar-refractivity contribution in [2.24, 2.45) is 5.92 Å². The Kier molecular flexibility index (Phi) is 5.01. The maximum atomic E-state index is 12.2. The molecule has 0 amide bonds. The number of rotatable bonds is 5. The quantitative estimate of drug-likeness (QED) is 0.783. The van der Waals surface area contributed by atoms with E-state index in [0.717, 1.165) is 10.4 Å². The van der Waals surface area contributed by atoms with Crippen molar-refractivity contribution in [2.45, 2.75) is 30.9 Å². The Hall–Kier alpha value is -0.100. The first-order valence-electron chi connectivity index (χ1n) is 5.40. The minimum atomic E-state index is -3.35. The molecule has 0 radical (unpaired) electrons. The van der Waals surface area contributed by atoms with E-state index in [1.807, 2.05) is 20.8 Å². The number of halogens is 1. The number of nitrogens with zero attached hydrogens (tertiary/aromatic N) is 1. The number of alkyl halides is 1. The SMILES string of the molecule is Cc1cc(S(=O)(=O)N(C)CC(C)C)sc1CCl. The molecular weight excluding hydrogens is 278 g/mol. The number of sulfonamides is 1. The van der Waals surface area contributed by atoms with Gasteiger partial charge in [-0.05, 0) is 24.5 Å². The topological polar surface area (TPSA) is 37.4 Å². The van der Waals surface area contributed by atoms with Crippen LogP contribution >= 0.6 is 22.9 Å². The van der Waals surface area contributed by atoms with E-state index in [1.54, 1.807) is 13.1 Å². The van der Waals surface area contributed by atoms with E-state index >= 15 is 0 Å². The van der Waals surface area contributed by atoms with Crippen LogP contribution in [-0.4, -0.2) is 26.3 Å². The van der Waals surface area contributed by atoms with Crippen LogP contribution in [0.3, 0.4) is 0 Å². The third kappa shape index (κ3) is 3.44. The fourth-order valence-corrected chi connectivity index (χ4v) is 4.87. The van der Waals surface area contributed by atoms with Gasteiger partial charge in [0.25, 0.3) is 10.0 Å². The van der Waals surface area contributed by atoms with Crippen LogP contribution in [0, 0.1) is 12.8 Å². The lowest BCUT2D eigenvalue weighted by Crippen LogP contribution is -2.29. The van der Waals surface area contributed by atoms with E-state index in [-0.39, 0.29) is 0 Å². The first-order valence-corrected chi connectivity index (χ1v) is 8.19. The lowest BCUT2D eigenvalue weighted by molar-refractivity contribution is 0.418. The molecular formula is C11H18ClNO2S2. The molecule has 0 N–H and O–H groups in total. The minimum Gasteiger partial charge on any atom is -0.206 e. The minimum absolute atomic E-state index is 0.309. The molecule has 0 bridgehead atoms. The van der Waals surface area contributed by atoms with Gasteiger partial charge in [0.1, 0.15) is 4.21 Å². The molecule has 98 valence electrons. The largest absolute Gasteiger partial charge is 0.252 e. The molecule has 0 aliphatic carbocycles. The Morgan fingerprint density at radius 3 is 2.47 bits per heavy atom. The molecule has 0 aromatic carbocycles. The summed E-state index contributed by atoms with van der Waals surface area (Å²) < 4.78 is 26.3. The molecule has 0 unspecified atom stereocenters. The predicted octanol–water partition coefficient (Wildman–Crippen LogP) is 3.07. The molecule has 0 aliphatic rings. The average Bonchev–Trinajstić information content (AvgIpc) is 2.59. The summed E-state index contributed by atoms with van der Waals surface area (Å²) in [6.07, 6.45) is 0. The van der Waals surface area contributed by atoms with Gasteiger partial charge >= 0.3 is 0 Å². The molecule has 0 spiro atoms. The summed E-state index contributed by atoms with van der Waals surface area (Å²) in [6.45, 7) is 6.40. The normalized spacial score (nSPS) is 12.6. The van der Waals surface area contributed by atoms with Gasteiger partial charge < -0.3 is 0 Å². The zero-order chi connectivity index (χ0) is 13.2. The highest BCUT2D eigenvalue weighted by atomic mass is 35.5. The van der Waals surface area contributed by atoms with Crippen molar-refractivity contribution in [1.82, 2.24) is 4.31 Å². The summed E-state index contributed by atoms with van der Waals surface area (Å²) in [6, 6.07) is 1.70. The lowest BCUT2D eigenvalue weighted by Gasteiger charge is -2.17. The Morgan fingerprint density at radius 1 is 1.47 bits per heavy atom. The Balaban J connectivity index is 3.04. The van der Waals surface area contributed by atoms with Crippen LogP contribution in [0.25, 0.3) is 0 Å². The summed E-state index contributed by atoms with van der Waals surface area (Å²) >= 11 is 7.02. The monoisotopic (exact) mass is 295 g/mol. The summed E-state index contributed by atoms with van der Waals surface area (Å²) in [5, 5.41) is 0. The highest BCUT2D eigenvalue weighted by Crippen LogP contribution is 2.29. The van der Waals surface area contributed by atoms with Crippen LogP contribution in [-0.2, 0) is 15.9 Å². The van der Waals surface area contributed by atoms with Crippen molar-refractivity contribution >= 4 is 33.0 Å². The second-order valence-corrected chi connectivity index (χ2v) is 8.16. The summed E-state index contributed by atoms with van der Waals surface area (Å²) in [5.41, 5.74) is 0.946. The highest BCUT2D eigenvalue weighted by Gasteiger charge is 2.24. The van der Waals surface area contributed by atoms with E-state index in [9.17, 15) is 8.42 Å². The van der Waals surface area contributed by atoms with Gasteiger partial charge in [-0.3, -0.25) is 0 Å². The molecule has 3 nitrogen and oxygen atoms in total. The van der Waals surface area contributed by atoms with Gasteiger partial charge in [0, 0.05) is 18.5 Å². The van der Waals surface area contributed by atoms with Crippen molar-refractivity contribution in [1.29, 1.82) is 0 Å². The third-order valence-electron chi connectivity index (χ3n) is 2.41. The van der Waals surface area contributed by atoms with Gasteiger partial charge in [-0.1, -0.05) is 13.8 Å². The number of hydrogen-bond acceptors (Lipinski definition) is 3.